The van der Waals surface area contributed by atoms with Crippen LogP contribution in [0.25, 0.3) is 11.0 Å². The maximum atomic E-state index is 12.8. The average Bonchev–Trinajstić information content (AvgIpc) is 3.07. The lowest BCUT2D eigenvalue weighted by Gasteiger charge is -2.22. The summed E-state index contributed by atoms with van der Waals surface area (Å²) in [5.41, 5.74) is 8.52. The summed E-state index contributed by atoms with van der Waals surface area (Å²) in [5, 5.41) is 0.940. The van der Waals surface area contributed by atoms with Crippen molar-refractivity contribution in [2.45, 2.75) is 12.8 Å². The van der Waals surface area contributed by atoms with Gasteiger partial charge in [-0.15, -0.1) is 0 Å². The number of benzene rings is 2. The summed E-state index contributed by atoms with van der Waals surface area (Å²) in [7, 11) is 1.62. The van der Waals surface area contributed by atoms with E-state index < -0.39 is 0 Å². The van der Waals surface area contributed by atoms with Crippen LogP contribution in [-0.4, -0.2) is 37.6 Å². The Bertz CT molecular complexity index is 858. The van der Waals surface area contributed by atoms with Gasteiger partial charge in [0.15, 0.2) is 0 Å². The van der Waals surface area contributed by atoms with E-state index in [1.165, 1.54) is 5.56 Å². The first-order valence-electron chi connectivity index (χ1n) is 8.77. The highest BCUT2D eigenvalue weighted by Crippen LogP contribution is 2.26. The Balaban J connectivity index is 1.69. The Morgan fingerprint density at radius 2 is 1.96 bits per heavy atom. The van der Waals surface area contributed by atoms with E-state index in [1.54, 1.807) is 13.4 Å². The smallest absolute Gasteiger partial charge is 0.227 e. The Morgan fingerprint density at radius 3 is 2.69 bits per heavy atom. The number of hydrogen-bond donors (Lipinski definition) is 1. The quantitative estimate of drug-likeness (QED) is 0.677. The molecule has 0 bridgehead atoms. The van der Waals surface area contributed by atoms with Gasteiger partial charge in [0.05, 0.1) is 19.8 Å². The van der Waals surface area contributed by atoms with Gasteiger partial charge >= 0.3 is 0 Å². The monoisotopic (exact) mass is 352 g/mol. The lowest BCUT2D eigenvalue weighted by atomic mass is 10.1. The second-order valence-electron chi connectivity index (χ2n) is 6.20. The van der Waals surface area contributed by atoms with Gasteiger partial charge in [-0.25, -0.2) is 0 Å². The Morgan fingerprint density at radius 1 is 1.15 bits per heavy atom. The first-order chi connectivity index (χ1) is 12.7. The molecule has 136 valence electrons. The van der Waals surface area contributed by atoms with Crippen LogP contribution in [0.4, 0.5) is 0 Å². The average molecular weight is 352 g/mol. The van der Waals surface area contributed by atoms with Crippen molar-refractivity contribution in [3.05, 3.63) is 65.9 Å². The molecule has 1 heterocycles. The predicted octanol–water partition coefficient (Wildman–Crippen LogP) is 3.01. The van der Waals surface area contributed by atoms with Crippen LogP contribution in [0, 0.1) is 0 Å². The molecule has 0 saturated heterocycles. The first kappa shape index (κ1) is 18.0. The van der Waals surface area contributed by atoms with Crippen LogP contribution in [0.15, 0.2) is 59.2 Å². The molecule has 0 spiro atoms. The van der Waals surface area contributed by atoms with Gasteiger partial charge in [0.25, 0.3) is 0 Å². The molecule has 26 heavy (non-hydrogen) atoms. The van der Waals surface area contributed by atoms with E-state index in [9.17, 15) is 4.79 Å². The van der Waals surface area contributed by atoms with E-state index in [0.29, 0.717) is 26.1 Å². The van der Waals surface area contributed by atoms with Crippen molar-refractivity contribution >= 4 is 16.9 Å². The van der Waals surface area contributed by atoms with Crippen LogP contribution in [-0.2, 0) is 17.6 Å². The number of methoxy groups -OCH3 is 1. The molecule has 3 aromatic rings. The normalized spacial score (nSPS) is 10.8. The summed E-state index contributed by atoms with van der Waals surface area (Å²) in [4.78, 5) is 14.6. The van der Waals surface area contributed by atoms with Gasteiger partial charge in [-0.3, -0.25) is 4.79 Å². The minimum Gasteiger partial charge on any atom is -0.497 e. The SMILES string of the molecule is COc1ccc2c(CC(=O)N(CCN)CCc3ccccc3)coc2c1. The Hall–Kier alpha value is -2.79. The highest BCUT2D eigenvalue weighted by atomic mass is 16.5. The van der Waals surface area contributed by atoms with E-state index in [-0.39, 0.29) is 5.91 Å². The highest BCUT2D eigenvalue weighted by molar-refractivity contribution is 5.88. The molecule has 3 rings (SSSR count). The zero-order valence-electron chi connectivity index (χ0n) is 15.0. The molecule has 0 atom stereocenters. The van der Waals surface area contributed by atoms with Crippen LogP contribution in [0.1, 0.15) is 11.1 Å². The van der Waals surface area contributed by atoms with E-state index in [2.05, 4.69) is 12.1 Å². The number of rotatable bonds is 8. The van der Waals surface area contributed by atoms with Crippen molar-refractivity contribution < 1.29 is 13.9 Å². The number of fused-ring (bicyclic) bond motifs is 1. The van der Waals surface area contributed by atoms with Crippen molar-refractivity contribution in [2.75, 3.05) is 26.7 Å². The van der Waals surface area contributed by atoms with Gasteiger partial charge in [-0.05, 0) is 24.1 Å². The molecule has 0 aliphatic heterocycles. The molecule has 5 nitrogen and oxygen atoms in total. The van der Waals surface area contributed by atoms with Crippen molar-refractivity contribution in [3.63, 3.8) is 0 Å². The van der Waals surface area contributed by atoms with Crippen molar-refractivity contribution in [2.24, 2.45) is 5.73 Å². The number of amides is 1. The molecule has 5 heteroatoms. The standard InChI is InChI=1S/C21H24N2O3/c1-25-18-7-8-19-17(15-26-20(19)14-18)13-21(24)23(12-10-22)11-9-16-5-3-2-4-6-16/h2-8,14-15H,9-13,22H2,1H3. The zero-order chi connectivity index (χ0) is 18.4. The van der Waals surface area contributed by atoms with Gasteiger partial charge in [-0.1, -0.05) is 30.3 Å². The van der Waals surface area contributed by atoms with Crippen LogP contribution >= 0.6 is 0 Å². The number of furan rings is 1. The molecule has 0 radical (unpaired) electrons. The van der Waals surface area contributed by atoms with Gasteiger partial charge in [0.1, 0.15) is 11.3 Å². The lowest BCUT2D eigenvalue weighted by Crippen LogP contribution is -2.37. The van der Waals surface area contributed by atoms with Gasteiger partial charge in [0, 0.05) is 36.7 Å². The zero-order valence-corrected chi connectivity index (χ0v) is 15.0. The topological polar surface area (TPSA) is 68.7 Å². The summed E-state index contributed by atoms with van der Waals surface area (Å²) in [6.07, 6.45) is 2.77. The van der Waals surface area contributed by atoms with Crippen molar-refractivity contribution in [3.8, 4) is 5.75 Å². The van der Waals surface area contributed by atoms with E-state index in [0.717, 1.165) is 28.7 Å². The number of hydrogen-bond acceptors (Lipinski definition) is 4. The summed E-state index contributed by atoms with van der Waals surface area (Å²) in [5.74, 6) is 0.794. The van der Waals surface area contributed by atoms with Crippen LogP contribution < -0.4 is 10.5 Å². The fraction of sp³-hybridized carbons (Fsp3) is 0.286. The molecule has 0 aliphatic rings. The lowest BCUT2D eigenvalue weighted by molar-refractivity contribution is -0.130. The third-order valence-corrected chi connectivity index (χ3v) is 4.47. The summed E-state index contributed by atoms with van der Waals surface area (Å²) < 4.78 is 10.8. The summed E-state index contributed by atoms with van der Waals surface area (Å²) >= 11 is 0. The summed E-state index contributed by atoms with van der Waals surface area (Å²) in [6.45, 7) is 1.66. The van der Waals surface area contributed by atoms with E-state index >= 15 is 0 Å². The Kier molecular flexibility index (Phi) is 5.92. The van der Waals surface area contributed by atoms with Gasteiger partial charge in [0.2, 0.25) is 5.91 Å². The Labute approximate surface area is 153 Å². The number of nitrogens with zero attached hydrogens (tertiary/aromatic N) is 1. The third kappa shape index (κ3) is 4.24. The first-order valence-corrected chi connectivity index (χ1v) is 8.77. The molecule has 0 fully saturated rings. The highest BCUT2D eigenvalue weighted by Gasteiger charge is 2.16. The molecule has 1 aromatic heterocycles. The molecule has 1 amide bonds. The van der Waals surface area contributed by atoms with Crippen LogP contribution in [0.5, 0.6) is 5.75 Å². The fourth-order valence-corrected chi connectivity index (χ4v) is 3.03. The molecule has 0 saturated carbocycles. The summed E-state index contributed by atoms with van der Waals surface area (Å²) in [6, 6.07) is 15.8. The number of carbonyl (C=O) groups is 1. The largest absolute Gasteiger partial charge is 0.497 e. The fourth-order valence-electron chi connectivity index (χ4n) is 3.03. The second-order valence-corrected chi connectivity index (χ2v) is 6.20. The van der Waals surface area contributed by atoms with Gasteiger partial charge in [-0.2, -0.15) is 0 Å². The van der Waals surface area contributed by atoms with Crippen molar-refractivity contribution in [1.29, 1.82) is 0 Å². The molecule has 2 aromatic carbocycles. The molecule has 2 N–H and O–H groups in total. The molecule has 0 aliphatic carbocycles. The van der Waals surface area contributed by atoms with E-state index in [4.69, 9.17) is 14.9 Å². The third-order valence-electron chi connectivity index (χ3n) is 4.47. The minimum atomic E-state index is 0.0601. The molecular formula is C21H24N2O3. The number of nitrogens with two attached hydrogens (primary N) is 1. The maximum absolute atomic E-state index is 12.8. The maximum Gasteiger partial charge on any atom is 0.227 e. The molecule has 0 unspecified atom stereocenters. The molecular weight excluding hydrogens is 328 g/mol. The van der Waals surface area contributed by atoms with E-state index in [1.807, 2.05) is 41.3 Å². The predicted molar refractivity (Wildman–Crippen MR) is 102 cm³/mol. The number of ether oxygens (including phenoxy) is 1. The van der Waals surface area contributed by atoms with Crippen LogP contribution in [0.3, 0.4) is 0 Å². The second kappa shape index (κ2) is 8.54. The van der Waals surface area contributed by atoms with Gasteiger partial charge < -0.3 is 19.8 Å². The minimum absolute atomic E-state index is 0.0601. The number of carbonyl (C=O) groups excluding carboxylic acids is 1. The van der Waals surface area contributed by atoms with Crippen LogP contribution in [0.2, 0.25) is 0 Å². The van der Waals surface area contributed by atoms with Crippen molar-refractivity contribution in [1.82, 2.24) is 4.90 Å².